The lowest BCUT2D eigenvalue weighted by Crippen LogP contribution is -2.50. The quantitative estimate of drug-likeness (QED) is 0.616. The summed E-state index contributed by atoms with van der Waals surface area (Å²) in [7, 11) is -3.15. The maximum atomic E-state index is 12.5. The highest BCUT2D eigenvalue weighted by Crippen LogP contribution is 2.20. The Balaban J connectivity index is 1.20. The molecule has 0 radical (unpaired) electrons. The van der Waals surface area contributed by atoms with Crippen LogP contribution in [0, 0.1) is 0 Å². The summed E-state index contributed by atoms with van der Waals surface area (Å²) >= 11 is 0. The van der Waals surface area contributed by atoms with E-state index in [9.17, 15) is 13.2 Å². The predicted octanol–water partition coefficient (Wildman–Crippen LogP) is 1.91. The fraction of sp³-hybridized carbons (Fsp3) is 0.480. The van der Waals surface area contributed by atoms with Crippen molar-refractivity contribution in [3.63, 3.8) is 0 Å². The van der Waals surface area contributed by atoms with E-state index in [0.717, 1.165) is 38.4 Å². The van der Waals surface area contributed by atoms with E-state index in [4.69, 9.17) is 0 Å². The van der Waals surface area contributed by atoms with Crippen LogP contribution in [-0.2, 0) is 21.4 Å². The summed E-state index contributed by atoms with van der Waals surface area (Å²) in [6.45, 7) is 8.97. The number of piperazine rings is 2. The number of carbonyl (C=O) groups excluding carboxylic acids is 1. The minimum absolute atomic E-state index is 0.0749. The molecule has 9 heteroatoms. The van der Waals surface area contributed by atoms with Gasteiger partial charge in [-0.05, 0) is 36.8 Å². The number of nitrogens with zero attached hydrogens (tertiary/aromatic N) is 4. The van der Waals surface area contributed by atoms with Gasteiger partial charge in [-0.3, -0.25) is 14.6 Å². The Morgan fingerprint density at radius 2 is 1.44 bits per heavy atom. The van der Waals surface area contributed by atoms with Crippen molar-refractivity contribution in [3.8, 4) is 0 Å². The van der Waals surface area contributed by atoms with Gasteiger partial charge in [-0.1, -0.05) is 30.3 Å². The molecule has 1 N–H and O–H groups in total. The highest BCUT2D eigenvalue weighted by atomic mass is 32.2. The number of hydrogen-bond acceptors (Lipinski definition) is 6. The first-order valence-electron chi connectivity index (χ1n) is 12.0. The van der Waals surface area contributed by atoms with Gasteiger partial charge in [-0.2, -0.15) is 4.31 Å². The van der Waals surface area contributed by atoms with E-state index < -0.39 is 10.0 Å². The predicted molar refractivity (Wildman–Crippen MR) is 136 cm³/mol. The summed E-state index contributed by atoms with van der Waals surface area (Å²) in [5.41, 5.74) is 3.30. The molecule has 0 bridgehead atoms. The monoisotopic (exact) mass is 485 g/mol. The Bertz CT molecular complexity index is 1030. The molecule has 2 fully saturated rings. The van der Waals surface area contributed by atoms with Gasteiger partial charge < -0.3 is 10.2 Å². The number of rotatable bonds is 8. The van der Waals surface area contributed by atoms with Crippen molar-refractivity contribution in [2.24, 2.45) is 0 Å². The van der Waals surface area contributed by atoms with E-state index in [2.05, 4.69) is 57.6 Å². The molecule has 184 valence electrons. The van der Waals surface area contributed by atoms with Gasteiger partial charge in [0.05, 0.1) is 12.3 Å². The maximum absolute atomic E-state index is 12.5. The van der Waals surface area contributed by atoms with E-state index in [1.165, 1.54) is 15.6 Å². The average Bonchev–Trinajstić information content (AvgIpc) is 2.86. The molecule has 2 saturated heterocycles. The van der Waals surface area contributed by atoms with Crippen LogP contribution < -0.4 is 10.2 Å². The molecule has 0 atom stereocenters. The number of benzene rings is 2. The molecule has 2 aromatic carbocycles. The van der Waals surface area contributed by atoms with E-state index in [1.807, 2.05) is 17.0 Å². The number of amides is 1. The minimum Gasteiger partial charge on any atom is -0.369 e. The van der Waals surface area contributed by atoms with Crippen LogP contribution in [0.3, 0.4) is 0 Å². The fourth-order valence-electron chi connectivity index (χ4n) is 4.51. The highest BCUT2D eigenvalue weighted by Gasteiger charge is 2.26. The highest BCUT2D eigenvalue weighted by molar-refractivity contribution is 7.89. The van der Waals surface area contributed by atoms with E-state index >= 15 is 0 Å². The molecule has 0 spiro atoms. The lowest BCUT2D eigenvalue weighted by Gasteiger charge is -2.36. The van der Waals surface area contributed by atoms with Crippen molar-refractivity contribution in [1.29, 1.82) is 0 Å². The van der Waals surface area contributed by atoms with Crippen molar-refractivity contribution in [1.82, 2.24) is 14.1 Å². The molecule has 0 unspecified atom stereocenters. The molecule has 2 heterocycles. The van der Waals surface area contributed by atoms with Gasteiger partial charge in [0.2, 0.25) is 15.9 Å². The topological polar surface area (TPSA) is 76.2 Å². The van der Waals surface area contributed by atoms with Crippen LogP contribution in [0.5, 0.6) is 0 Å². The van der Waals surface area contributed by atoms with Crippen molar-refractivity contribution >= 4 is 27.3 Å². The second-order valence-electron chi connectivity index (χ2n) is 8.92. The number of sulfonamides is 1. The summed E-state index contributed by atoms with van der Waals surface area (Å²) in [6.07, 6.45) is 0. The summed E-state index contributed by atoms with van der Waals surface area (Å²) in [4.78, 5) is 19.4. The van der Waals surface area contributed by atoms with Crippen LogP contribution in [0.2, 0.25) is 0 Å². The summed E-state index contributed by atoms with van der Waals surface area (Å²) < 4.78 is 25.5. The van der Waals surface area contributed by atoms with Gasteiger partial charge in [0.25, 0.3) is 0 Å². The molecule has 2 aromatic rings. The molecule has 2 aliphatic heterocycles. The van der Waals surface area contributed by atoms with Crippen molar-refractivity contribution in [3.05, 3.63) is 60.2 Å². The second-order valence-corrected chi connectivity index (χ2v) is 11.2. The first-order valence-corrected chi connectivity index (χ1v) is 13.7. The SMILES string of the molecule is CCS(=O)(=O)N1CCN(CC(=O)Nc2ccc(N3CCN(Cc4ccccc4)CC3)cc2)CC1. The summed E-state index contributed by atoms with van der Waals surface area (Å²) in [5.74, 6) is 0.0430. The first kappa shape index (κ1) is 24.7. The Labute approximate surface area is 203 Å². The third-order valence-corrected chi connectivity index (χ3v) is 8.48. The zero-order chi connectivity index (χ0) is 24.0. The Morgan fingerprint density at radius 1 is 0.824 bits per heavy atom. The molecule has 8 nitrogen and oxygen atoms in total. The van der Waals surface area contributed by atoms with E-state index in [1.54, 1.807) is 6.92 Å². The lowest BCUT2D eigenvalue weighted by atomic mass is 10.2. The van der Waals surface area contributed by atoms with Crippen molar-refractivity contribution < 1.29 is 13.2 Å². The van der Waals surface area contributed by atoms with E-state index in [0.29, 0.717) is 26.2 Å². The van der Waals surface area contributed by atoms with Gasteiger partial charge in [0.1, 0.15) is 0 Å². The minimum atomic E-state index is -3.15. The van der Waals surface area contributed by atoms with Crippen LogP contribution in [0.15, 0.2) is 54.6 Å². The molecule has 0 saturated carbocycles. The van der Waals surface area contributed by atoms with Gasteiger partial charge in [0, 0.05) is 70.3 Å². The molecule has 2 aliphatic rings. The van der Waals surface area contributed by atoms with Crippen molar-refractivity contribution in [2.75, 3.05) is 74.9 Å². The number of nitrogens with one attached hydrogen (secondary N) is 1. The molecular weight excluding hydrogens is 450 g/mol. The standard InChI is InChI=1S/C25H35N5O3S/c1-2-34(32,33)30-18-14-28(15-19-30)21-25(31)26-23-8-10-24(11-9-23)29-16-12-27(13-17-29)20-22-6-4-3-5-7-22/h3-11H,2,12-21H2,1H3,(H,26,31). The number of anilines is 2. The molecule has 0 aliphatic carbocycles. The second kappa shape index (κ2) is 11.3. The number of carbonyl (C=O) groups is 1. The van der Waals surface area contributed by atoms with Crippen LogP contribution >= 0.6 is 0 Å². The Morgan fingerprint density at radius 3 is 2.06 bits per heavy atom. The molecular formula is C25H35N5O3S. The zero-order valence-electron chi connectivity index (χ0n) is 19.9. The number of hydrogen-bond donors (Lipinski definition) is 1. The molecule has 4 rings (SSSR count). The average molecular weight is 486 g/mol. The zero-order valence-corrected chi connectivity index (χ0v) is 20.7. The third-order valence-electron chi connectivity index (χ3n) is 6.59. The van der Waals surface area contributed by atoms with Gasteiger partial charge in [-0.15, -0.1) is 0 Å². The Kier molecular flexibility index (Phi) is 8.20. The third kappa shape index (κ3) is 6.56. The normalized spacial score (nSPS) is 18.7. The van der Waals surface area contributed by atoms with Gasteiger partial charge in [-0.25, -0.2) is 8.42 Å². The maximum Gasteiger partial charge on any atom is 0.238 e. The van der Waals surface area contributed by atoms with Gasteiger partial charge >= 0.3 is 0 Å². The van der Waals surface area contributed by atoms with Crippen LogP contribution in [0.4, 0.5) is 11.4 Å². The van der Waals surface area contributed by atoms with Crippen LogP contribution in [0.1, 0.15) is 12.5 Å². The summed E-state index contributed by atoms with van der Waals surface area (Å²) in [5, 5.41) is 2.97. The van der Waals surface area contributed by atoms with E-state index in [-0.39, 0.29) is 18.2 Å². The molecule has 0 aromatic heterocycles. The molecule has 34 heavy (non-hydrogen) atoms. The molecule has 1 amide bonds. The van der Waals surface area contributed by atoms with Gasteiger partial charge in [0.15, 0.2) is 0 Å². The smallest absolute Gasteiger partial charge is 0.238 e. The Hall–Kier alpha value is -2.46. The summed E-state index contributed by atoms with van der Waals surface area (Å²) in [6, 6.07) is 18.6. The van der Waals surface area contributed by atoms with Crippen LogP contribution in [0.25, 0.3) is 0 Å². The van der Waals surface area contributed by atoms with Crippen molar-refractivity contribution in [2.45, 2.75) is 13.5 Å². The first-order chi connectivity index (χ1) is 16.4. The lowest BCUT2D eigenvalue weighted by molar-refractivity contribution is -0.117. The van der Waals surface area contributed by atoms with Crippen LogP contribution in [-0.4, -0.2) is 93.1 Å². The fourth-order valence-corrected chi connectivity index (χ4v) is 5.60. The largest absolute Gasteiger partial charge is 0.369 e.